The second-order valence-electron chi connectivity index (χ2n) is 4.91. The van der Waals surface area contributed by atoms with Crippen molar-refractivity contribution in [1.29, 1.82) is 0 Å². The highest BCUT2D eigenvalue weighted by Crippen LogP contribution is 2.31. The van der Waals surface area contributed by atoms with E-state index in [2.05, 4.69) is 4.98 Å². The topological polar surface area (TPSA) is 99.8 Å². The summed E-state index contributed by atoms with van der Waals surface area (Å²) in [7, 11) is 0. The summed E-state index contributed by atoms with van der Waals surface area (Å²) in [5.41, 5.74) is 5.97. The van der Waals surface area contributed by atoms with Crippen LogP contribution in [0.25, 0.3) is 0 Å². The molecule has 3 heterocycles. The van der Waals surface area contributed by atoms with E-state index < -0.39 is 6.09 Å². The number of rotatable bonds is 1. The molecule has 1 aromatic rings. The van der Waals surface area contributed by atoms with Crippen LogP contribution in [0.15, 0.2) is 18.3 Å². The first-order valence-electron chi connectivity index (χ1n) is 6.08. The Morgan fingerprint density at radius 1 is 1.26 bits per heavy atom. The summed E-state index contributed by atoms with van der Waals surface area (Å²) in [5.74, 6) is 0.265. The molecule has 19 heavy (non-hydrogen) atoms. The summed E-state index contributed by atoms with van der Waals surface area (Å²) >= 11 is 0. The SMILES string of the molecule is Nc1ccc(C(=O)N2C[C@H]3C[C@@H]2CN3C(=O)O)cn1. The highest BCUT2D eigenvalue weighted by Gasteiger charge is 2.47. The third-order valence-electron chi connectivity index (χ3n) is 3.78. The number of anilines is 1. The minimum atomic E-state index is -0.909. The van der Waals surface area contributed by atoms with Crippen molar-refractivity contribution in [3.05, 3.63) is 23.9 Å². The molecule has 3 rings (SSSR count). The van der Waals surface area contributed by atoms with E-state index >= 15 is 0 Å². The molecule has 100 valence electrons. The lowest BCUT2D eigenvalue weighted by atomic mass is 10.2. The van der Waals surface area contributed by atoms with Gasteiger partial charge >= 0.3 is 6.09 Å². The van der Waals surface area contributed by atoms with Gasteiger partial charge in [-0.15, -0.1) is 0 Å². The van der Waals surface area contributed by atoms with Crippen LogP contribution in [0.4, 0.5) is 10.6 Å². The Balaban J connectivity index is 1.74. The lowest BCUT2D eigenvalue weighted by molar-refractivity contribution is 0.0613. The fraction of sp³-hybridized carbons (Fsp3) is 0.417. The minimum Gasteiger partial charge on any atom is -0.465 e. The Bertz CT molecular complexity index is 530. The molecule has 0 saturated carbocycles. The Morgan fingerprint density at radius 3 is 2.47 bits per heavy atom. The number of amides is 2. The van der Waals surface area contributed by atoms with E-state index in [4.69, 9.17) is 10.8 Å². The van der Waals surface area contributed by atoms with Gasteiger partial charge in [0.05, 0.1) is 17.6 Å². The Labute approximate surface area is 109 Å². The van der Waals surface area contributed by atoms with Gasteiger partial charge in [-0.05, 0) is 18.6 Å². The maximum atomic E-state index is 12.3. The molecule has 2 aliphatic heterocycles. The number of likely N-dealkylation sites (tertiary alicyclic amines) is 2. The number of piperazine rings is 1. The number of pyridine rings is 1. The molecular weight excluding hydrogens is 248 g/mol. The molecule has 0 aliphatic carbocycles. The Kier molecular flexibility index (Phi) is 2.55. The van der Waals surface area contributed by atoms with Crippen molar-refractivity contribution in [1.82, 2.24) is 14.8 Å². The van der Waals surface area contributed by atoms with E-state index in [9.17, 15) is 9.59 Å². The third-order valence-corrected chi connectivity index (χ3v) is 3.78. The number of carbonyl (C=O) groups is 2. The molecule has 2 atom stereocenters. The molecule has 0 unspecified atom stereocenters. The molecule has 0 spiro atoms. The first-order chi connectivity index (χ1) is 9.06. The van der Waals surface area contributed by atoms with E-state index in [0.29, 0.717) is 24.5 Å². The lowest BCUT2D eigenvalue weighted by Crippen LogP contribution is -2.50. The van der Waals surface area contributed by atoms with Crippen LogP contribution in [0.5, 0.6) is 0 Å². The van der Waals surface area contributed by atoms with Crippen molar-refractivity contribution in [2.24, 2.45) is 0 Å². The summed E-state index contributed by atoms with van der Waals surface area (Å²) in [4.78, 5) is 30.3. The predicted octanol–water partition coefficient (Wildman–Crippen LogP) is 0.240. The van der Waals surface area contributed by atoms with Gasteiger partial charge in [0.25, 0.3) is 5.91 Å². The Hall–Kier alpha value is -2.31. The van der Waals surface area contributed by atoms with Gasteiger partial charge in [0.2, 0.25) is 0 Å². The monoisotopic (exact) mass is 262 g/mol. The van der Waals surface area contributed by atoms with Gasteiger partial charge in [-0.3, -0.25) is 4.79 Å². The molecule has 2 fully saturated rings. The summed E-state index contributed by atoms with van der Waals surface area (Å²) < 4.78 is 0. The van der Waals surface area contributed by atoms with E-state index in [1.807, 2.05) is 0 Å². The van der Waals surface area contributed by atoms with Gasteiger partial charge in [0.1, 0.15) is 5.82 Å². The number of carboxylic acid groups (broad SMARTS) is 1. The van der Waals surface area contributed by atoms with Crippen molar-refractivity contribution in [3.8, 4) is 0 Å². The van der Waals surface area contributed by atoms with Crippen molar-refractivity contribution in [2.75, 3.05) is 18.8 Å². The fourth-order valence-corrected chi connectivity index (χ4v) is 2.85. The van der Waals surface area contributed by atoms with Gasteiger partial charge in [0.15, 0.2) is 0 Å². The van der Waals surface area contributed by atoms with Crippen LogP contribution in [-0.4, -0.2) is 57.1 Å². The van der Waals surface area contributed by atoms with E-state index in [1.165, 1.54) is 11.1 Å². The smallest absolute Gasteiger partial charge is 0.407 e. The maximum absolute atomic E-state index is 12.3. The largest absolute Gasteiger partial charge is 0.465 e. The van der Waals surface area contributed by atoms with E-state index in [1.54, 1.807) is 17.0 Å². The second-order valence-corrected chi connectivity index (χ2v) is 4.91. The van der Waals surface area contributed by atoms with Gasteiger partial charge in [-0.25, -0.2) is 9.78 Å². The lowest BCUT2D eigenvalue weighted by Gasteiger charge is -2.32. The van der Waals surface area contributed by atoms with Crippen LogP contribution in [-0.2, 0) is 0 Å². The second kappa shape index (κ2) is 4.11. The number of nitrogens with two attached hydrogens (primary N) is 1. The number of aromatic nitrogens is 1. The number of hydrogen-bond donors (Lipinski definition) is 2. The third kappa shape index (κ3) is 1.87. The van der Waals surface area contributed by atoms with Gasteiger partial charge < -0.3 is 20.6 Å². The summed E-state index contributed by atoms with van der Waals surface area (Å²) in [6.45, 7) is 0.855. The standard InChI is InChI=1S/C12H14N4O3/c13-10-2-1-7(4-14-10)11(17)15-5-9-3-8(15)6-16(9)12(18)19/h1-2,4,8-9H,3,5-6H2,(H2,13,14)(H,18,19)/t8-,9-/m1/s1. The van der Waals surface area contributed by atoms with Crippen molar-refractivity contribution in [3.63, 3.8) is 0 Å². The predicted molar refractivity (Wildman–Crippen MR) is 66.6 cm³/mol. The molecule has 0 aromatic carbocycles. The molecule has 3 N–H and O–H groups in total. The van der Waals surface area contributed by atoms with Crippen LogP contribution < -0.4 is 5.73 Å². The molecule has 7 heteroatoms. The van der Waals surface area contributed by atoms with E-state index in [0.717, 1.165) is 6.42 Å². The Morgan fingerprint density at radius 2 is 1.95 bits per heavy atom. The average Bonchev–Trinajstić information content (AvgIpc) is 2.98. The molecule has 1 aromatic heterocycles. The highest BCUT2D eigenvalue weighted by molar-refractivity contribution is 5.94. The van der Waals surface area contributed by atoms with Crippen LogP contribution in [0.1, 0.15) is 16.8 Å². The van der Waals surface area contributed by atoms with Crippen molar-refractivity contribution in [2.45, 2.75) is 18.5 Å². The maximum Gasteiger partial charge on any atom is 0.407 e. The molecule has 2 amide bonds. The van der Waals surface area contributed by atoms with Crippen molar-refractivity contribution >= 4 is 17.8 Å². The summed E-state index contributed by atoms with van der Waals surface area (Å²) in [6.07, 6.45) is 1.27. The molecule has 0 radical (unpaired) electrons. The zero-order chi connectivity index (χ0) is 13.6. The van der Waals surface area contributed by atoms with Gasteiger partial charge in [-0.2, -0.15) is 0 Å². The zero-order valence-corrected chi connectivity index (χ0v) is 10.2. The van der Waals surface area contributed by atoms with Crippen LogP contribution >= 0.6 is 0 Å². The quantitative estimate of drug-likeness (QED) is 0.755. The van der Waals surface area contributed by atoms with Crippen LogP contribution in [0, 0.1) is 0 Å². The van der Waals surface area contributed by atoms with Crippen LogP contribution in [0.3, 0.4) is 0 Å². The van der Waals surface area contributed by atoms with Gasteiger partial charge in [0, 0.05) is 19.3 Å². The first kappa shape index (κ1) is 11.8. The van der Waals surface area contributed by atoms with E-state index in [-0.39, 0.29) is 18.0 Å². The molecule has 2 bridgehead atoms. The number of nitrogen functional groups attached to an aromatic ring is 1. The summed E-state index contributed by atoms with van der Waals surface area (Å²) in [5, 5.41) is 9.01. The molecule has 7 nitrogen and oxygen atoms in total. The van der Waals surface area contributed by atoms with Gasteiger partial charge in [-0.1, -0.05) is 0 Å². The van der Waals surface area contributed by atoms with Crippen molar-refractivity contribution < 1.29 is 14.7 Å². The molecule has 2 saturated heterocycles. The highest BCUT2D eigenvalue weighted by atomic mass is 16.4. The molecular formula is C12H14N4O3. The molecule has 2 aliphatic rings. The zero-order valence-electron chi connectivity index (χ0n) is 10.2. The minimum absolute atomic E-state index is 0.0221. The van der Waals surface area contributed by atoms with Crippen LogP contribution in [0.2, 0.25) is 0 Å². The number of fused-ring (bicyclic) bond motifs is 2. The normalized spacial score (nSPS) is 24.8. The average molecular weight is 262 g/mol. The fourth-order valence-electron chi connectivity index (χ4n) is 2.85. The summed E-state index contributed by atoms with van der Waals surface area (Å²) in [6, 6.07) is 3.14. The number of hydrogen-bond acceptors (Lipinski definition) is 4. The number of carbonyl (C=O) groups excluding carboxylic acids is 1. The first-order valence-corrected chi connectivity index (χ1v) is 6.08. The number of nitrogens with zero attached hydrogens (tertiary/aromatic N) is 3.